The van der Waals surface area contributed by atoms with Crippen LogP contribution < -0.4 is 4.74 Å². The van der Waals surface area contributed by atoms with Gasteiger partial charge in [-0.05, 0) is 29.3 Å². The number of rotatable bonds is 2. The van der Waals surface area contributed by atoms with E-state index in [-0.39, 0.29) is 0 Å². The average molecular weight is 206 g/mol. The highest BCUT2D eigenvalue weighted by atomic mass is 32.1. The lowest BCUT2D eigenvalue weighted by atomic mass is 10.1. The van der Waals surface area contributed by atoms with E-state index < -0.39 is 0 Å². The van der Waals surface area contributed by atoms with Crippen LogP contribution in [-0.4, -0.2) is 13.4 Å². The van der Waals surface area contributed by atoms with Crippen LogP contribution in [0.1, 0.15) is 15.9 Å². The predicted molar refractivity (Wildman–Crippen MR) is 58.5 cm³/mol. The molecule has 0 atom stereocenters. The Bertz CT molecular complexity index is 485. The van der Waals surface area contributed by atoms with E-state index in [4.69, 9.17) is 4.74 Å². The minimum absolute atomic E-state index is 0.613. The van der Waals surface area contributed by atoms with Gasteiger partial charge in [0.1, 0.15) is 5.75 Å². The van der Waals surface area contributed by atoms with Gasteiger partial charge in [0, 0.05) is 0 Å². The number of aldehydes is 1. The maximum absolute atomic E-state index is 10.8. The van der Waals surface area contributed by atoms with E-state index in [0.29, 0.717) is 11.3 Å². The molecule has 0 aliphatic rings. The van der Waals surface area contributed by atoms with Crippen molar-refractivity contribution in [2.75, 3.05) is 7.11 Å². The lowest BCUT2D eigenvalue weighted by Crippen LogP contribution is -1.89. The van der Waals surface area contributed by atoms with Gasteiger partial charge in [0.15, 0.2) is 6.29 Å². The summed E-state index contributed by atoms with van der Waals surface area (Å²) in [5, 5.41) is 3.24. The molecule has 0 saturated heterocycles. The Morgan fingerprint density at radius 1 is 1.43 bits per heavy atom. The number of aryl methyl sites for hydroxylation is 1. The molecule has 3 heteroatoms. The molecular weight excluding hydrogens is 196 g/mol. The van der Waals surface area contributed by atoms with E-state index in [1.165, 1.54) is 5.56 Å². The molecule has 1 aromatic carbocycles. The summed E-state index contributed by atoms with van der Waals surface area (Å²) >= 11 is 1.61. The maximum Gasteiger partial charge on any atom is 0.153 e. The molecule has 2 rings (SSSR count). The highest BCUT2D eigenvalue weighted by Gasteiger charge is 2.10. The van der Waals surface area contributed by atoms with Gasteiger partial charge in [0.05, 0.1) is 17.4 Å². The Morgan fingerprint density at radius 2 is 2.21 bits per heavy atom. The van der Waals surface area contributed by atoms with Crippen molar-refractivity contribution >= 4 is 27.7 Å². The first-order chi connectivity index (χ1) is 6.77. The number of hydrogen-bond acceptors (Lipinski definition) is 3. The van der Waals surface area contributed by atoms with Gasteiger partial charge in [-0.15, -0.1) is 11.3 Å². The second kappa shape index (κ2) is 3.42. The van der Waals surface area contributed by atoms with Crippen molar-refractivity contribution in [3.8, 4) is 5.75 Å². The molecule has 0 N–H and O–H groups in total. The smallest absolute Gasteiger partial charge is 0.153 e. The molecule has 2 nitrogen and oxygen atoms in total. The van der Waals surface area contributed by atoms with Gasteiger partial charge in [0.2, 0.25) is 0 Å². The molecule has 0 aliphatic heterocycles. The fraction of sp³-hybridized carbons (Fsp3) is 0.182. The van der Waals surface area contributed by atoms with Crippen molar-refractivity contribution in [2.45, 2.75) is 6.92 Å². The molecule has 0 aliphatic carbocycles. The minimum atomic E-state index is 0.613. The maximum atomic E-state index is 10.8. The molecule has 0 spiro atoms. The van der Waals surface area contributed by atoms with Crippen molar-refractivity contribution in [1.29, 1.82) is 0 Å². The highest BCUT2D eigenvalue weighted by Crippen LogP contribution is 2.35. The molecule has 1 aromatic heterocycles. The van der Waals surface area contributed by atoms with E-state index in [9.17, 15) is 4.79 Å². The van der Waals surface area contributed by atoms with Gasteiger partial charge in [-0.25, -0.2) is 0 Å². The molecule has 14 heavy (non-hydrogen) atoms. The Labute approximate surface area is 86.1 Å². The second-order valence-corrected chi connectivity index (χ2v) is 3.98. The van der Waals surface area contributed by atoms with Gasteiger partial charge in [-0.3, -0.25) is 4.79 Å². The van der Waals surface area contributed by atoms with Gasteiger partial charge in [-0.1, -0.05) is 6.07 Å². The molecular formula is C11H10O2S. The highest BCUT2D eigenvalue weighted by molar-refractivity contribution is 7.17. The van der Waals surface area contributed by atoms with Crippen LogP contribution >= 0.6 is 11.3 Å². The summed E-state index contributed by atoms with van der Waals surface area (Å²) in [4.78, 5) is 10.8. The normalized spacial score (nSPS) is 10.4. The summed E-state index contributed by atoms with van der Waals surface area (Å²) < 4.78 is 6.29. The summed E-state index contributed by atoms with van der Waals surface area (Å²) in [5.41, 5.74) is 1.84. The fourth-order valence-electron chi connectivity index (χ4n) is 1.52. The van der Waals surface area contributed by atoms with Crippen LogP contribution in [0.3, 0.4) is 0 Å². The van der Waals surface area contributed by atoms with Crippen molar-refractivity contribution in [2.24, 2.45) is 0 Å². The SMILES string of the molecule is COc1c(C=O)ccc2c(C)csc12. The summed E-state index contributed by atoms with van der Waals surface area (Å²) in [7, 11) is 1.59. The van der Waals surface area contributed by atoms with Crippen molar-refractivity contribution < 1.29 is 9.53 Å². The zero-order valence-electron chi connectivity index (χ0n) is 8.03. The molecule has 0 radical (unpaired) electrons. The van der Waals surface area contributed by atoms with Crippen molar-refractivity contribution in [3.05, 3.63) is 28.6 Å². The number of methoxy groups -OCH3 is 1. The van der Waals surface area contributed by atoms with Crippen LogP contribution in [0.25, 0.3) is 10.1 Å². The Balaban J connectivity index is 2.84. The first-order valence-corrected chi connectivity index (χ1v) is 5.16. The monoisotopic (exact) mass is 206 g/mol. The number of carbonyl (C=O) groups is 1. The van der Waals surface area contributed by atoms with E-state index in [1.54, 1.807) is 24.5 Å². The second-order valence-electron chi connectivity index (χ2n) is 3.10. The van der Waals surface area contributed by atoms with Crippen LogP contribution in [0.2, 0.25) is 0 Å². The van der Waals surface area contributed by atoms with Crippen LogP contribution in [-0.2, 0) is 0 Å². The fourth-order valence-corrected chi connectivity index (χ4v) is 2.61. The summed E-state index contributed by atoms with van der Waals surface area (Å²) in [6.45, 7) is 2.05. The van der Waals surface area contributed by atoms with Crippen LogP contribution in [0, 0.1) is 6.92 Å². The Kier molecular flexibility index (Phi) is 2.25. The quantitative estimate of drug-likeness (QED) is 0.706. The van der Waals surface area contributed by atoms with Crippen LogP contribution in [0.15, 0.2) is 17.5 Å². The lowest BCUT2D eigenvalue weighted by Gasteiger charge is -2.04. The predicted octanol–water partition coefficient (Wildman–Crippen LogP) is 3.03. The Hall–Kier alpha value is -1.35. The zero-order valence-corrected chi connectivity index (χ0v) is 8.85. The lowest BCUT2D eigenvalue weighted by molar-refractivity contribution is 0.112. The number of ether oxygens (including phenoxy) is 1. The molecule has 1 heterocycles. The average Bonchev–Trinajstić information content (AvgIpc) is 2.59. The summed E-state index contributed by atoms with van der Waals surface area (Å²) in [5.74, 6) is 0.690. The molecule has 0 bridgehead atoms. The van der Waals surface area contributed by atoms with Gasteiger partial charge in [0.25, 0.3) is 0 Å². The number of fused-ring (bicyclic) bond motifs is 1. The minimum Gasteiger partial charge on any atom is -0.494 e. The molecule has 2 aromatic rings. The number of carbonyl (C=O) groups excluding carboxylic acids is 1. The number of hydrogen-bond donors (Lipinski definition) is 0. The largest absolute Gasteiger partial charge is 0.494 e. The molecule has 72 valence electrons. The van der Waals surface area contributed by atoms with Crippen LogP contribution in [0.5, 0.6) is 5.75 Å². The standard InChI is InChI=1S/C11H10O2S/c1-7-6-14-11-9(7)4-3-8(5-12)10(11)13-2/h3-6H,1-2H3. The molecule has 0 saturated carbocycles. The van der Waals surface area contributed by atoms with Gasteiger partial charge >= 0.3 is 0 Å². The van der Waals surface area contributed by atoms with Crippen molar-refractivity contribution in [1.82, 2.24) is 0 Å². The van der Waals surface area contributed by atoms with Gasteiger partial charge in [-0.2, -0.15) is 0 Å². The van der Waals surface area contributed by atoms with Gasteiger partial charge < -0.3 is 4.74 Å². The number of benzene rings is 1. The zero-order chi connectivity index (χ0) is 10.1. The van der Waals surface area contributed by atoms with Crippen molar-refractivity contribution in [3.63, 3.8) is 0 Å². The van der Waals surface area contributed by atoms with E-state index in [0.717, 1.165) is 16.4 Å². The third-order valence-corrected chi connectivity index (χ3v) is 3.36. The van der Waals surface area contributed by atoms with E-state index in [2.05, 4.69) is 12.3 Å². The third kappa shape index (κ3) is 1.21. The molecule has 0 fully saturated rings. The van der Waals surface area contributed by atoms with Crippen LogP contribution in [0.4, 0.5) is 0 Å². The first-order valence-electron chi connectivity index (χ1n) is 4.28. The topological polar surface area (TPSA) is 26.3 Å². The third-order valence-electron chi connectivity index (χ3n) is 2.25. The Morgan fingerprint density at radius 3 is 2.86 bits per heavy atom. The van der Waals surface area contributed by atoms with E-state index >= 15 is 0 Å². The summed E-state index contributed by atoms with van der Waals surface area (Å²) in [6.07, 6.45) is 0.827. The van der Waals surface area contributed by atoms with E-state index in [1.807, 2.05) is 6.07 Å². The summed E-state index contributed by atoms with van der Waals surface area (Å²) in [6, 6.07) is 3.77. The molecule has 0 unspecified atom stereocenters. The molecule has 0 amide bonds. The number of thiophene rings is 1. The first kappa shape index (κ1) is 9.21.